The van der Waals surface area contributed by atoms with Crippen molar-refractivity contribution in [3.05, 3.63) is 114 Å². The third kappa shape index (κ3) is 4.91. The quantitative estimate of drug-likeness (QED) is 0.366. The number of benzene rings is 3. The summed E-state index contributed by atoms with van der Waals surface area (Å²) in [4.78, 5) is 22.4. The molecular formula is C27H24FN5O2. The zero-order chi connectivity index (χ0) is 24.2. The van der Waals surface area contributed by atoms with Crippen LogP contribution in [0.5, 0.6) is 5.75 Å². The van der Waals surface area contributed by atoms with Crippen LogP contribution in [-0.2, 0) is 25.0 Å². The SMILES string of the molecule is Cn1ccnc1C(NC(=O)Cn1c(COc2ccccc2)nc2ccccc21)c1ccc(F)cc1. The average Bonchev–Trinajstić information content (AvgIpc) is 3.46. The minimum Gasteiger partial charge on any atom is -0.486 e. The third-order valence-corrected chi connectivity index (χ3v) is 5.77. The molecular weight excluding hydrogens is 445 g/mol. The van der Waals surface area contributed by atoms with E-state index in [0.717, 1.165) is 22.3 Å². The monoisotopic (exact) mass is 469 g/mol. The van der Waals surface area contributed by atoms with Crippen molar-refractivity contribution in [3.8, 4) is 5.75 Å². The highest BCUT2D eigenvalue weighted by atomic mass is 19.1. The van der Waals surface area contributed by atoms with Gasteiger partial charge >= 0.3 is 0 Å². The number of fused-ring (bicyclic) bond motifs is 1. The molecule has 8 heteroatoms. The molecule has 0 aliphatic rings. The van der Waals surface area contributed by atoms with E-state index in [0.29, 0.717) is 11.6 Å². The van der Waals surface area contributed by atoms with Crippen molar-refractivity contribution in [1.29, 1.82) is 0 Å². The number of hydrogen-bond acceptors (Lipinski definition) is 4. The largest absolute Gasteiger partial charge is 0.486 e. The number of carbonyl (C=O) groups is 1. The third-order valence-electron chi connectivity index (χ3n) is 5.77. The first kappa shape index (κ1) is 22.3. The zero-order valence-corrected chi connectivity index (χ0v) is 19.1. The number of ether oxygens (including phenoxy) is 1. The zero-order valence-electron chi connectivity index (χ0n) is 19.1. The lowest BCUT2D eigenvalue weighted by molar-refractivity contribution is -0.122. The Morgan fingerprint density at radius 3 is 2.51 bits per heavy atom. The number of nitrogens with zero attached hydrogens (tertiary/aromatic N) is 4. The molecule has 0 radical (unpaired) electrons. The van der Waals surface area contributed by atoms with Gasteiger partial charge in [0.25, 0.3) is 0 Å². The van der Waals surface area contributed by atoms with E-state index in [9.17, 15) is 9.18 Å². The van der Waals surface area contributed by atoms with E-state index in [-0.39, 0.29) is 24.9 Å². The van der Waals surface area contributed by atoms with Gasteiger partial charge in [-0.2, -0.15) is 0 Å². The Kier molecular flexibility index (Phi) is 6.26. The molecule has 0 bridgehead atoms. The number of aryl methyl sites for hydroxylation is 1. The van der Waals surface area contributed by atoms with Crippen LogP contribution in [0, 0.1) is 5.82 Å². The Hall–Kier alpha value is -4.46. The number of halogens is 1. The van der Waals surface area contributed by atoms with Gasteiger partial charge in [-0.25, -0.2) is 14.4 Å². The summed E-state index contributed by atoms with van der Waals surface area (Å²) in [5, 5.41) is 3.07. The maximum atomic E-state index is 13.5. The number of carbonyl (C=O) groups excluding carboxylic acids is 1. The first-order chi connectivity index (χ1) is 17.1. The smallest absolute Gasteiger partial charge is 0.240 e. The van der Waals surface area contributed by atoms with Gasteiger partial charge in [-0.3, -0.25) is 4.79 Å². The van der Waals surface area contributed by atoms with Crippen molar-refractivity contribution in [1.82, 2.24) is 24.4 Å². The Labute approximate surface area is 201 Å². The van der Waals surface area contributed by atoms with Crippen molar-refractivity contribution < 1.29 is 13.9 Å². The summed E-state index contributed by atoms with van der Waals surface area (Å²) in [5.74, 6) is 1.44. The molecule has 1 N–H and O–H groups in total. The molecule has 5 rings (SSSR count). The van der Waals surface area contributed by atoms with E-state index in [1.807, 2.05) is 70.8 Å². The lowest BCUT2D eigenvalue weighted by Gasteiger charge is -2.20. The van der Waals surface area contributed by atoms with Crippen LogP contribution in [0.2, 0.25) is 0 Å². The van der Waals surface area contributed by atoms with Gasteiger partial charge in [-0.15, -0.1) is 0 Å². The van der Waals surface area contributed by atoms with E-state index in [2.05, 4.69) is 10.3 Å². The molecule has 176 valence electrons. The highest BCUT2D eigenvalue weighted by Crippen LogP contribution is 2.22. The van der Waals surface area contributed by atoms with Crippen LogP contribution in [0.25, 0.3) is 11.0 Å². The molecule has 0 saturated heterocycles. The summed E-state index contributed by atoms with van der Waals surface area (Å²) in [5.41, 5.74) is 2.35. The van der Waals surface area contributed by atoms with Crippen LogP contribution in [-0.4, -0.2) is 25.0 Å². The summed E-state index contributed by atoms with van der Waals surface area (Å²) < 4.78 is 23.1. The molecule has 3 aromatic carbocycles. The molecule has 1 amide bonds. The van der Waals surface area contributed by atoms with Crippen molar-refractivity contribution in [2.75, 3.05) is 0 Å². The number of nitrogens with one attached hydrogen (secondary N) is 1. The van der Waals surface area contributed by atoms with Crippen LogP contribution in [0.4, 0.5) is 4.39 Å². The molecule has 0 aliphatic carbocycles. The number of rotatable bonds is 8. The second-order valence-electron chi connectivity index (χ2n) is 8.15. The number of imidazole rings is 2. The normalized spacial score (nSPS) is 11.9. The summed E-state index contributed by atoms with van der Waals surface area (Å²) in [7, 11) is 1.85. The number of para-hydroxylation sites is 3. The average molecular weight is 470 g/mol. The van der Waals surface area contributed by atoms with E-state index in [1.165, 1.54) is 12.1 Å². The fourth-order valence-corrected chi connectivity index (χ4v) is 4.03. The van der Waals surface area contributed by atoms with Gasteiger partial charge in [0.05, 0.1) is 11.0 Å². The van der Waals surface area contributed by atoms with Crippen molar-refractivity contribution >= 4 is 16.9 Å². The van der Waals surface area contributed by atoms with Crippen LogP contribution in [0.15, 0.2) is 91.3 Å². The topological polar surface area (TPSA) is 74.0 Å². The Morgan fingerprint density at radius 1 is 1.03 bits per heavy atom. The van der Waals surface area contributed by atoms with Crippen molar-refractivity contribution in [3.63, 3.8) is 0 Å². The van der Waals surface area contributed by atoms with Gasteiger partial charge < -0.3 is 19.2 Å². The molecule has 0 saturated carbocycles. The predicted molar refractivity (Wildman–Crippen MR) is 130 cm³/mol. The van der Waals surface area contributed by atoms with Gasteiger partial charge in [0.2, 0.25) is 5.91 Å². The summed E-state index contributed by atoms with van der Waals surface area (Å²) in [6.07, 6.45) is 3.47. The van der Waals surface area contributed by atoms with Crippen LogP contribution >= 0.6 is 0 Å². The lowest BCUT2D eigenvalue weighted by atomic mass is 10.1. The minimum absolute atomic E-state index is 0.0378. The maximum Gasteiger partial charge on any atom is 0.240 e. The van der Waals surface area contributed by atoms with Gasteiger partial charge in [0.1, 0.15) is 42.4 Å². The Morgan fingerprint density at radius 2 is 1.77 bits per heavy atom. The summed E-state index contributed by atoms with van der Waals surface area (Å²) in [6, 6.07) is 22.7. The van der Waals surface area contributed by atoms with Crippen LogP contribution in [0.3, 0.4) is 0 Å². The molecule has 0 spiro atoms. The fraction of sp³-hybridized carbons (Fsp3) is 0.148. The maximum absolute atomic E-state index is 13.5. The fourth-order valence-electron chi connectivity index (χ4n) is 4.03. The van der Waals surface area contributed by atoms with E-state index < -0.39 is 6.04 Å². The Balaban J connectivity index is 1.42. The van der Waals surface area contributed by atoms with Crippen molar-refractivity contribution in [2.24, 2.45) is 7.05 Å². The van der Waals surface area contributed by atoms with Gasteiger partial charge in [-0.1, -0.05) is 42.5 Å². The number of amides is 1. The highest BCUT2D eigenvalue weighted by Gasteiger charge is 2.22. The number of hydrogen-bond donors (Lipinski definition) is 1. The molecule has 0 aliphatic heterocycles. The summed E-state index contributed by atoms with van der Waals surface area (Å²) >= 11 is 0. The van der Waals surface area contributed by atoms with Gasteiger partial charge in [-0.05, 0) is 42.0 Å². The predicted octanol–water partition coefficient (Wildman–Crippen LogP) is 4.39. The van der Waals surface area contributed by atoms with Crippen LogP contribution in [0.1, 0.15) is 23.3 Å². The molecule has 2 heterocycles. The molecule has 35 heavy (non-hydrogen) atoms. The van der Waals surface area contributed by atoms with Gasteiger partial charge in [0, 0.05) is 19.4 Å². The second-order valence-corrected chi connectivity index (χ2v) is 8.15. The molecule has 1 unspecified atom stereocenters. The standard InChI is InChI=1S/C27H24FN5O2/c1-32-16-15-29-27(32)26(19-11-13-20(28)14-12-19)31-25(34)17-33-23-10-6-5-9-22(23)30-24(33)18-35-21-7-3-2-4-8-21/h2-16,26H,17-18H2,1H3,(H,31,34). The van der Waals surface area contributed by atoms with Crippen molar-refractivity contribution in [2.45, 2.75) is 19.2 Å². The second kappa shape index (κ2) is 9.80. The first-order valence-electron chi connectivity index (χ1n) is 11.2. The lowest BCUT2D eigenvalue weighted by Crippen LogP contribution is -2.34. The molecule has 1 atom stereocenters. The van der Waals surface area contributed by atoms with Crippen LogP contribution < -0.4 is 10.1 Å². The molecule has 0 fully saturated rings. The first-order valence-corrected chi connectivity index (χ1v) is 11.2. The summed E-state index contributed by atoms with van der Waals surface area (Å²) in [6.45, 7) is 0.253. The highest BCUT2D eigenvalue weighted by molar-refractivity contribution is 5.81. The minimum atomic E-state index is -0.540. The van der Waals surface area contributed by atoms with E-state index >= 15 is 0 Å². The van der Waals surface area contributed by atoms with Gasteiger partial charge in [0.15, 0.2) is 0 Å². The molecule has 7 nitrogen and oxygen atoms in total. The Bertz CT molecular complexity index is 1440. The van der Waals surface area contributed by atoms with E-state index in [4.69, 9.17) is 9.72 Å². The molecule has 2 aromatic heterocycles. The number of aromatic nitrogens is 4. The molecule has 5 aromatic rings. The van der Waals surface area contributed by atoms with E-state index in [1.54, 1.807) is 24.5 Å².